The van der Waals surface area contributed by atoms with Gasteiger partial charge < -0.3 is 9.47 Å². The first-order valence-corrected chi connectivity index (χ1v) is 9.39. The molecule has 1 fully saturated rings. The lowest BCUT2D eigenvalue weighted by Crippen LogP contribution is -2.42. The van der Waals surface area contributed by atoms with Crippen LogP contribution < -0.4 is 0 Å². The monoisotopic (exact) mass is 330 g/mol. The lowest BCUT2D eigenvalue weighted by molar-refractivity contribution is 0.00133. The SMILES string of the molecule is CC(C)OC/C=C/O[C@@H]1C[C@H](C)CC[C@H]1C(C)(C)c1ccccc1. The molecular formula is C22H34O2. The molecule has 0 N–H and O–H groups in total. The van der Waals surface area contributed by atoms with E-state index >= 15 is 0 Å². The van der Waals surface area contributed by atoms with Crippen LogP contribution >= 0.6 is 0 Å². The van der Waals surface area contributed by atoms with Crippen molar-refractivity contribution in [2.45, 2.75) is 71.5 Å². The van der Waals surface area contributed by atoms with Crippen molar-refractivity contribution in [2.24, 2.45) is 11.8 Å². The second-order valence-corrected chi connectivity index (χ2v) is 8.04. The van der Waals surface area contributed by atoms with E-state index in [4.69, 9.17) is 9.47 Å². The van der Waals surface area contributed by atoms with E-state index in [1.54, 1.807) is 0 Å². The summed E-state index contributed by atoms with van der Waals surface area (Å²) in [5, 5.41) is 0. The van der Waals surface area contributed by atoms with Gasteiger partial charge in [0, 0.05) is 5.92 Å². The highest BCUT2D eigenvalue weighted by atomic mass is 16.5. The Hall–Kier alpha value is -1.28. The average molecular weight is 331 g/mol. The molecule has 1 aliphatic carbocycles. The third-order valence-corrected chi connectivity index (χ3v) is 5.37. The van der Waals surface area contributed by atoms with E-state index < -0.39 is 0 Å². The largest absolute Gasteiger partial charge is 0.498 e. The van der Waals surface area contributed by atoms with Gasteiger partial charge in [0.15, 0.2) is 0 Å². The first-order chi connectivity index (χ1) is 11.4. The summed E-state index contributed by atoms with van der Waals surface area (Å²) < 4.78 is 11.7. The average Bonchev–Trinajstić information content (AvgIpc) is 2.55. The maximum atomic E-state index is 6.20. The van der Waals surface area contributed by atoms with E-state index in [9.17, 15) is 0 Å². The first-order valence-electron chi connectivity index (χ1n) is 9.39. The predicted molar refractivity (Wildman–Crippen MR) is 101 cm³/mol. The van der Waals surface area contributed by atoms with Crippen LogP contribution in [0.1, 0.15) is 59.4 Å². The molecule has 0 bridgehead atoms. The van der Waals surface area contributed by atoms with Gasteiger partial charge in [0.1, 0.15) is 6.10 Å². The third kappa shape index (κ3) is 5.11. The van der Waals surface area contributed by atoms with E-state index in [1.165, 1.54) is 18.4 Å². The van der Waals surface area contributed by atoms with Crippen LogP contribution in [0.2, 0.25) is 0 Å². The highest BCUT2D eigenvalue weighted by Crippen LogP contribution is 2.43. The smallest absolute Gasteiger partial charge is 0.102 e. The summed E-state index contributed by atoms with van der Waals surface area (Å²) in [6.45, 7) is 11.8. The van der Waals surface area contributed by atoms with Crippen LogP contribution in [-0.4, -0.2) is 18.8 Å². The molecule has 1 saturated carbocycles. The molecule has 0 saturated heterocycles. The van der Waals surface area contributed by atoms with Gasteiger partial charge in [-0.1, -0.05) is 57.5 Å². The van der Waals surface area contributed by atoms with Gasteiger partial charge in [0.05, 0.1) is 19.0 Å². The van der Waals surface area contributed by atoms with Crippen molar-refractivity contribution in [1.29, 1.82) is 0 Å². The molecule has 1 aliphatic rings. The third-order valence-electron chi connectivity index (χ3n) is 5.37. The molecule has 0 radical (unpaired) electrons. The van der Waals surface area contributed by atoms with Crippen molar-refractivity contribution in [3.05, 3.63) is 48.2 Å². The molecule has 0 heterocycles. The molecule has 2 rings (SSSR count). The zero-order chi connectivity index (χ0) is 17.6. The molecule has 0 aliphatic heterocycles. The van der Waals surface area contributed by atoms with Crippen molar-refractivity contribution in [3.63, 3.8) is 0 Å². The summed E-state index contributed by atoms with van der Waals surface area (Å²) >= 11 is 0. The Balaban J connectivity index is 2.05. The number of benzene rings is 1. The first kappa shape index (κ1) is 19.1. The van der Waals surface area contributed by atoms with Gasteiger partial charge in [0.2, 0.25) is 0 Å². The summed E-state index contributed by atoms with van der Waals surface area (Å²) in [6.07, 6.45) is 8.04. The van der Waals surface area contributed by atoms with E-state index in [-0.39, 0.29) is 17.6 Å². The zero-order valence-corrected chi connectivity index (χ0v) is 16.0. The second-order valence-electron chi connectivity index (χ2n) is 8.04. The normalized spacial score (nSPS) is 25.3. The molecule has 0 unspecified atom stereocenters. The molecule has 0 amide bonds. The topological polar surface area (TPSA) is 18.5 Å². The van der Waals surface area contributed by atoms with Gasteiger partial charge in [-0.05, 0) is 49.7 Å². The molecule has 0 aromatic heterocycles. The predicted octanol–water partition coefficient (Wildman–Crippen LogP) is 5.72. The van der Waals surface area contributed by atoms with Crippen molar-refractivity contribution >= 4 is 0 Å². The molecule has 24 heavy (non-hydrogen) atoms. The fourth-order valence-corrected chi connectivity index (χ4v) is 3.83. The minimum absolute atomic E-state index is 0.119. The molecule has 134 valence electrons. The fraction of sp³-hybridized carbons (Fsp3) is 0.636. The summed E-state index contributed by atoms with van der Waals surface area (Å²) in [5.74, 6) is 1.27. The molecule has 0 spiro atoms. The van der Waals surface area contributed by atoms with Crippen LogP contribution in [0.15, 0.2) is 42.7 Å². The van der Waals surface area contributed by atoms with Crippen molar-refractivity contribution in [1.82, 2.24) is 0 Å². The van der Waals surface area contributed by atoms with Gasteiger partial charge in [-0.2, -0.15) is 0 Å². The van der Waals surface area contributed by atoms with Crippen LogP contribution in [0.25, 0.3) is 0 Å². The summed E-state index contributed by atoms with van der Waals surface area (Å²) in [6, 6.07) is 10.9. The summed E-state index contributed by atoms with van der Waals surface area (Å²) in [4.78, 5) is 0. The van der Waals surface area contributed by atoms with Gasteiger partial charge in [-0.25, -0.2) is 0 Å². The fourth-order valence-electron chi connectivity index (χ4n) is 3.83. The Kier molecular flexibility index (Phi) is 6.91. The minimum atomic E-state index is 0.119. The number of hydrogen-bond donors (Lipinski definition) is 0. The van der Waals surface area contributed by atoms with E-state index in [2.05, 4.69) is 65.0 Å². The molecule has 2 heteroatoms. The number of hydrogen-bond acceptors (Lipinski definition) is 2. The number of ether oxygens (including phenoxy) is 2. The highest BCUT2D eigenvalue weighted by Gasteiger charge is 2.40. The maximum absolute atomic E-state index is 6.20. The second kappa shape index (κ2) is 8.71. The van der Waals surface area contributed by atoms with Gasteiger partial charge in [-0.15, -0.1) is 0 Å². The van der Waals surface area contributed by atoms with Crippen LogP contribution in [0, 0.1) is 11.8 Å². The Bertz CT molecular complexity index is 504. The molecule has 3 atom stereocenters. The van der Waals surface area contributed by atoms with Gasteiger partial charge in [-0.3, -0.25) is 0 Å². The molecule has 1 aromatic rings. The van der Waals surface area contributed by atoms with Crippen molar-refractivity contribution in [2.75, 3.05) is 6.61 Å². The maximum Gasteiger partial charge on any atom is 0.102 e. The lowest BCUT2D eigenvalue weighted by Gasteiger charge is -2.43. The zero-order valence-electron chi connectivity index (χ0n) is 16.0. The van der Waals surface area contributed by atoms with Crippen LogP contribution in [0.4, 0.5) is 0 Å². The van der Waals surface area contributed by atoms with Crippen molar-refractivity contribution < 1.29 is 9.47 Å². The Morgan fingerprint density at radius 1 is 1.17 bits per heavy atom. The Morgan fingerprint density at radius 2 is 1.88 bits per heavy atom. The van der Waals surface area contributed by atoms with Gasteiger partial charge in [0.25, 0.3) is 0 Å². The number of rotatable bonds is 7. The molecule has 2 nitrogen and oxygen atoms in total. The van der Waals surface area contributed by atoms with E-state index in [0.717, 1.165) is 12.3 Å². The Morgan fingerprint density at radius 3 is 2.54 bits per heavy atom. The van der Waals surface area contributed by atoms with E-state index in [1.807, 2.05) is 12.3 Å². The quantitative estimate of drug-likeness (QED) is 0.595. The van der Waals surface area contributed by atoms with Gasteiger partial charge >= 0.3 is 0 Å². The highest BCUT2D eigenvalue weighted by molar-refractivity contribution is 5.25. The van der Waals surface area contributed by atoms with Crippen LogP contribution in [0.5, 0.6) is 0 Å². The minimum Gasteiger partial charge on any atom is -0.498 e. The van der Waals surface area contributed by atoms with Crippen molar-refractivity contribution in [3.8, 4) is 0 Å². The Labute approximate surface area is 148 Å². The van der Waals surface area contributed by atoms with Crippen LogP contribution in [0.3, 0.4) is 0 Å². The summed E-state index contributed by atoms with van der Waals surface area (Å²) in [7, 11) is 0. The molecular weight excluding hydrogens is 296 g/mol. The lowest BCUT2D eigenvalue weighted by atomic mass is 9.64. The van der Waals surface area contributed by atoms with Crippen LogP contribution in [-0.2, 0) is 14.9 Å². The van der Waals surface area contributed by atoms with E-state index in [0.29, 0.717) is 12.5 Å². The standard InChI is InChI=1S/C22H34O2/c1-17(2)23-14-9-15-24-21-16-18(3)12-13-20(21)22(4,5)19-10-7-6-8-11-19/h6-11,15,17-18,20-21H,12-14,16H2,1-5H3/b15-9+/t18-,20-,21-/m1/s1. The molecule has 1 aromatic carbocycles. The summed E-state index contributed by atoms with van der Waals surface area (Å²) in [5.41, 5.74) is 1.53.